The average molecular weight is 276 g/mol. The summed E-state index contributed by atoms with van der Waals surface area (Å²) in [4.78, 5) is 9.50. The Hall–Kier alpha value is -1.95. The van der Waals surface area contributed by atoms with E-state index >= 15 is 0 Å². The fourth-order valence-electron chi connectivity index (χ4n) is 1.71. The Balaban J connectivity index is 2.38. The Kier molecular flexibility index (Phi) is 4.46. The molecule has 0 aliphatic carbocycles. The Morgan fingerprint density at radius 1 is 1.16 bits per heavy atom. The molecular formula is C13H16N4OS. The van der Waals surface area contributed by atoms with E-state index < -0.39 is 0 Å². The first kappa shape index (κ1) is 13.5. The number of hydrogen-bond acceptors (Lipinski definition) is 6. The van der Waals surface area contributed by atoms with E-state index in [-0.39, 0.29) is 0 Å². The van der Waals surface area contributed by atoms with Gasteiger partial charge >= 0.3 is 0 Å². The van der Waals surface area contributed by atoms with Gasteiger partial charge in [-0.2, -0.15) is 0 Å². The smallest absolute Gasteiger partial charge is 0.204 e. The molecule has 0 atom stereocenters. The maximum absolute atomic E-state index is 5.36. The molecule has 0 unspecified atom stereocenters. The first-order valence-corrected chi connectivity index (χ1v) is 6.99. The van der Waals surface area contributed by atoms with Crippen LogP contribution in [0.25, 0.3) is 0 Å². The number of rotatable bonds is 5. The molecule has 0 aliphatic rings. The van der Waals surface area contributed by atoms with Gasteiger partial charge in [-0.3, -0.25) is 0 Å². The minimum atomic E-state index is 0.598. The molecule has 1 aromatic heterocycles. The minimum absolute atomic E-state index is 0.598. The number of aromatic nitrogens is 2. The number of ether oxygens (including phenoxy) is 1. The standard InChI is InChI=1S/C13H16N4OS/c1-14-12-11(18-2)13(16-8-15-12)17-9-6-4-5-7-10(9)19-3/h4-8H,1-3H3,(H2,14,15,16,17). The minimum Gasteiger partial charge on any atom is -0.490 e. The van der Waals surface area contributed by atoms with Gasteiger partial charge in [-0.1, -0.05) is 12.1 Å². The summed E-state index contributed by atoms with van der Waals surface area (Å²) >= 11 is 1.68. The number of hydrogen-bond donors (Lipinski definition) is 2. The highest BCUT2D eigenvalue weighted by atomic mass is 32.2. The Morgan fingerprint density at radius 2 is 1.89 bits per heavy atom. The Labute approximate surface area is 116 Å². The summed E-state index contributed by atoms with van der Waals surface area (Å²) in [5.41, 5.74) is 0.994. The van der Waals surface area contributed by atoms with E-state index in [0.717, 1.165) is 10.6 Å². The van der Waals surface area contributed by atoms with Crippen LogP contribution in [0, 0.1) is 0 Å². The molecule has 19 heavy (non-hydrogen) atoms. The van der Waals surface area contributed by atoms with Crippen LogP contribution in [0.2, 0.25) is 0 Å². The van der Waals surface area contributed by atoms with Gasteiger partial charge in [0.2, 0.25) is 5.75 Å². The van der Waals surface area contributed by atoms with Gasteiger partial charge in [0, 0.05) is 11.9 Å². The number of nitrogens with one attached hydrogen (secondary N) is 2. The molecule has 1 heterocycles. The van der Waals surface area contributed by atoms with Gasteiger partial charge in [0.1, 0.15) is 6.33 Å². The lowest BCUT2D eigenvalue weighted by Gasteiger charge is -2.14. The van der Waals surface area contributed by atoms with Crippen LogP contribution < -0.4 is 15.4 Å². The van der Waals surface area contributed by atoms with Gasteiger partial charge < -0.3 is 15.4 Å². The molecule has 100 valence electrons. The van der Waals surface area contributed by atoms with Crippen LogP contribution in [0.1, 0.15) is 0 Å². The highest BCUT2D eigenvalue weighted by Gasteiger charge is 2.12. The molecule has 0 aliphatic heterocycles. The zero-order chi connectivity index (χ0) is 13.7. The molecule has 0 saturated heterocycles. The van der Waals surface area contributed by atoms with Crippen LogP contribution >= 0.6 is 11.8 Å². The molecule has 5 nitrogen and oxygen atoms in total. The third-order valence-electron chi connectivity index (χ3n) is 2.60. The summed E-state index contributed by atoms with van der Waals surface area (Å²) in [5.74, 6) is 1.89. The van der Waals surface area contributed by atoms with Gasteiger partial charge in [-0.05, 0) is 18.4 Å². The summed E-state index contributed by atoms with van der Waals surface area (Å²) in [6, 6.07) is 8.05. The molecule has 2 aromatic rings. The van der Waals surface area contributed by atoms with Crippen LogP contribution in [-0.2, 0) is 0 Å². The number of benzene rings is 1. The van der Waals surface area contributed by atoms with E-state index in [0.29, 0.717) is 17.4 Å². The molecule has 2 N–H and O–H groups in total. The van der Waals surface area contributed by atoms with E-state index in [9.17, 15) is 0 Å². The van der Waals surface area contributed by atoms with Crippen molar-refractivity contribution in [1.82, 2.24) is 9.97 Å². The first-order chi connectivity index (χ1) is 9.30. The van der Waals surface area contributed by atoms with Gasteiger partial charge in [-0.25, -0.2) is 9.97 Å². The quantitative estimate of drug-likeness (QED) is 0.819. The molecule has 1 aromatic carbocycles. The van der Waals surface area contributed by atoms with Crippen molar-refractivity contribution in [1.29, 1.82) is 0 Å². The third kappa shape index (κ3) is 2.90. The SMILES string of the molecule is CNc1ncnc(Nc2ccccc2SC)c1OC. The molecular weight excluding hydrogens is 260 g/mol. The zero-order valence-corrected chi connectivity index (χ0v) is 11.9. The van der Waals surface area contributed by atoms with E-state index in [2.05, 4.69) is 26.7 Å². The second kappa shape index (κ2) is 6.29. The zero-order valence-electron chi connectivity index (χ0n) is 11.1. The van der Waals surface area contributed by atoms with E-state index in [1.165, 1.54) is 6.33 Å². The van der Waals surface area contributed by atoms with Gasteiger partial charge in [-0.15, -0.1) is 11.8 Å². The van der Waals surface area contributed by atoms with Crippen LogP contribution in [0.3, 0.4) is 0 Å². The van der Waals surface area contributed by atoms with Crippen molar-refractivity contribution < 1.29 is 4.74 Å². The number of thioether (sulfide) groups is 1. The maximum atomic E-state index is 5.36. The van der Waals surface area contributed by atoms with Crippen molar-refractivity contribution in [3.63, 3.8) is 0 Å². The largest absolute Gasteiger partial charge is 0.490 e. The summed E-state index contributed by atoms with van der Waals surface area (Å²) in [5, 5.41) is 6.26. The van der Waals surface area contributed by atoms with Crippen molar-refractivity contribution in [3.05, 3.63) is 30.6 Å². The van der Waals surface area contributed by atoms with Crippen LogP contribution in [0.4, 0.5) is 17.3 Å². The first-order valence-electron chi connectivity index (χ1n) is 5.77. The fourth-order valence-corrected chi connectivity index (χ4v) is 2.26. The summed E-state index contributed by atoms with van der Waals surface area (Å²) in [6.45, 7) is 0. The summed E-state index contributed by atoms with van der Waals surface area (Å²) in [7, 11) is 3.40. The molecule has 0 radical (unpaired) electrons. The number of anilines is 3. The van der Waals surface area contributed by atoms with Gasteiger partial charge in [0.25, 0.3) is 0 Å². The highest BCUT2D eigenvalue weighted by Crippen LogP contribution is 2.33. The topological polar surface area (TPSA) is 59.1 Å². The molecule has 6 heteroatoms. The molecule has 0 amide bonds. The molecule has 0 spiro atoms. The normalized spacial score (nSPS) is 10.1. The fraction of sp³-hybridized carbons (Fsp3) is 0.231. The van der Waals surface area contributed by atoms with Crippen molar-refractivity contribution in [2.24, 2.45) is 0 Å². The lowest BCUT2D eigenvalue weighted by molar-refractivity contribution is 0.415. The van der Waals surface area contributed by atoms with Crippen molar-refractivity contribution >= 4 is 29.1 Å². The molecule has 0 bridgehead atoms. The molecule has 0 saturated carbocycles. The second-order valence-electron chi connectivity index (χ2n) is 3.68. The Morgan fingerprint density at radius 3 is 2.58 bits per heavy atom. The van der Waals surface area contributed by atoms with Gasteiger partial charge in [0.05, 0.1) is 12.8 Å². The van der Waals surface area contributed by atoms with Gasteiger partial charge in [0.15, 0.2) is 11.6 Å². The van der Waals surface area contributed by atoms with Crippen molar-refractivity contribution in [2.45, 2.75) is 4.90 Å². The maximum Gasteiger partial charge on any atom is 0.204 e. The van der Waals surface area contributed by atoms with E-state index in [4.69, 9.17) is 4.74 Å². The van der Waals surface area contributed by atoms with Crippen molar-refractivity contribution in [3.8, 4) is 5.75 Å². The monoisotopic (exact) mass is 276 g/mol. The highest BCUT2D eigenvalue weighted by molar-refractivity contribution is 7.98. The third-order valence-corrected chi connectivity index (χ3v) is 3.40. The number of methoxy groups -OCH3 is 1. The summed E-state index contributed by atoms with van der Waals surface area (Å²) < 4.78 is 5.36. The van der Waals surface area contributed by atoms with Crippen molar-refractivity contribution in [2.75, 3.05) is 31.0 Å². The molecule has 2 rings (SSSR count). The van der Waals surface area contributed by atoms with Crippen LogP contribution in [0.5, 0.6) is 5.75 Å². The van der Waals surface area contributed by atoms with Crippen LogP contribution in [-0.4, -0.2) is 30.4 Å². The average Bonchev–Trinajstić information content (AvgIpc) is 2.47. The lowest BCUT2D eigenvalue weighted by atomic mass is 10.3. The van der Waals surface area contributed by atoms with Crippen LogP contribution in [0.15, 0.2) is 35.5 Å². The summed E-state index contributed by atoms with van der Waals surface area (Å²) in [6.07, 6.45) is 3.54. The lowest BCUT2D eigenvalue weighted by Crippen LogP contribution is -2.03. The predicted octanol–water partition coefficient (Wildman–Crippen LogP) is 2.99. The van der Waals surface area contributed by atoms with E-state index in [1.807, 2.05) is 24.5 Å². The Bertz CT molecular complexity index is 562. The number of nitrogens with zero attached hydrogens (tertiary/aromatic N) is 2. The second-order valence-corrected chi connectivity index (χ2v) is 4.53. The number of para-hydroxylation sites is 1. The predicted molar refractivity (Wildman–Crippen MR) is 79.6 cm³/mol. The van der Waals surface area contributed by atoms with E-state index in [1.54, 1.807) is 25.9 Å². The molecule has 0 fully saturated rings.